The van der Waals surface area contributed by atoms with Crippen LogP contribution in [0.3, 0.4) is 0 Å². The minimum atomic E-state index is -0.341. The number of fused-ring (bicyclic) bond motifs is 2. The highest BCUT2D eigenvalue weighted by Crippen LogP contribution is 2.34. The van der Waals surface area contributed by atoms with Crippen molar-refractivity contribution in [2.24, 2.45) is 5.92 Å². The van der Waals surface area contributed by atoms with Crippen molar-refractivity contribution < 1.29 is 23.9 Å². The summed E-state index contributed by atoms with van der Waals surface area (Å²) in [6.07, 6.45) is 0.225. The third kappa shape index (κ3) is 4.40. The Hall–Kier alpha value is -3.35. The van der Waals surface area contributed by atoms with Gasteiger partial charge in [-0.3, -0.25) is 19.3 Å². The van der Waals surface area contributed by atoms with Crippen LogP contribution in [0.1, 0.15) is 47.8 Å². The van der Waals surface area contributed by atoms with Gasteiger partial charge in [-0.1, -0.05) is 38.1 Å². The van der Waals surface area contributed by atoms with Crippen molar-refractivity contribution in [3.8, 4) is 11.5 Å². The van der Waals surface area contributed by atoms with E-state index in [1.165, 1.54) is 4.90 Å². The lowest BCUT2D eigenvalue weighted by Crippen LogP contribution is -2.44. The van der Waals surface area contributed by atoms with Crippen molar-refractivity contribution >= 4 is 17.7 Å². The predicted octanol–water partition coefficient (Wildman–Crippen LogP) is 2.89. The van der Waals surface area contributed by atoms with Crippen LogP contribution in [0.15, 0.2) is 42.5 Å². The van der Waals surface area contributed by atoms with Gasteiger partial charge in [-0.2, -0.15) is 0 Å². The van der Waals surface area contributed by atoms with E-state index >= 15 is 0 Å². The number of imide groups is 1. The molecule has 0 spiro atoms. The summed E-state index contributed by atoms with van der Waals surface area (Å²) >= 11 is 0. The Bertz CT molecular complexity index is 1020. The van der Waals surface area contributed by atoms with Crippen molar-refractivity contribution in [2.45, 2.75) is 32.7 Å². The second-order valence-electron chi connectivity index (χ2n) is 8.13. The van der Waals surface area contributed by atoms with E-state index in [2.05, 4.69) is 5.32 Å². The Balaban J connectivity index is 1.41. The van der Waals surface area contributed by atoms with E-state index in [0.29, 0.717) is 30.3 Å². The molecular formula is C24H26N2O5. The second-order valence-corrected chi connectivity index (χ2v) is 8.13. The third-order valence-corrected chi connectivity index (χ3v) is 5.61. The first-order valence-corrected chi connectivity index (χ1v) is 10.6. The first-order valence-electron chi connectivity index (χ1n) is 10.6. The zero-order chi connectivity index (χ0) is 22.0. The molecule has 1 atom stereocenters. The molecule has 0 unspecified atom stereocenters. The van der Waals surface area contributed by atoms with Crippen molar-refractivity contribution in [1.29, 1.82) is 0 Å². The lowest BCUT2D eigenvalue weighted by molar-refractivity contribution is -0.129. The van der Waals surface area contributed by atoms with Gasteiger partial charge in [0, 0.05) is 18.5 Å². The van der Waals surface area contributed by atoms with E-state index in [9.17, 15) is 14.4 Å². The fraction of sp³-hybridized carbons (Fsp3) is 0.375. The summed E-state index contributed by atoms with van der Waals surface area (Å²) in [6.45, 7) is 5.13. The maximum Gasteiger partial charge on any atom is 0.260 e. The highest BCUT2D eigenvalue weighted by molar-refractivity contribution is 6.09. The molecule has 0 saturated carbocycles. The number of carbonyl (C=O) groups is 3. The van der Waals surface area contributed by atoms with Crippen LogP contribution in [-0.2, 0) is 16.0 Å². The number of hydrogen-bond donors (Lipinski definition) is 1. The zero-order valence-corrected chi connectivity index (χ0v) is 17.7. The van der Waals surface area contributed by atoms with Crippen LogP contribution in [0.25, 0.3) is 0 Å². The van der Waals surface area contributed by atoms with Crippen LogP contribution in [0.5, 0.6) is 11.5 Å². The molecule has 0 bridgehead atoms. The summed E-state index contributed by atoms with van der Waals surface area (Å²) in [5.74, 6) is 0.679. The molecule has 1 N–H and O–H groups in total. The van der Waals surface area contributed by atoms with Crippen LogP contribution < -0.4 is 14.8 Å². The Morgan fingerprint density at radius 2 is 1.81 bits per heavy atom. The average molecular weight is 422 g/mol. The number of hydrogen-bond acceptors (Lipinski definition) is 5. The molecule has 0 aromatic heterocycles. The lowest BCUT2D eigenvalue weighted by atomic mass is 9.95. The molecule has 2 aromatic rings. The van der Waals surface area contributed by atoms with E-state index in [0.717, 1.165) is 11.1 Å². The Labute approximate surface area is 181 Å². The Morgan fingerprint density at radius 1 is 1.06 bits per heavy atom. The van der Waals surface area contributed by atoms with Crippen LogP contribution in [-0.4, -0.2) is 42.4 Å². The van der Waals surface area contributed by atoms with Crippen LogP contribution in [0.4, 0.5) is 0 Å². The minimum Gasteiger partial charge on any atom is -0.486 e. The average Bonchev–Trinajstić information content (AvgIpc) is 2.76. The largest absolute Gasteiger partial charge is 0.486 e. The topological polar surface area (TPSA) is 84.9 Å². The lowest BCUT2D eigenvalue weighted by Gasteiger charge is -2.28. The predicted molar refractivity (Wildman–Crippen MR) is 114 cm³/mol. The van der Waals surface area contributed by atoms with Crippen molar-refractivity contribution in [3.05, 3.63) is 59.2 Å². The molecule has 2 aromatic carbocycles. The monoisotopic (exact) mass is 422 g/mol. The fourth-order valence-electron chi connectivity index (χ4n) is 3.97. The van der Waals surface area contributed by atoms with Crippen LogP contribution >= 0.6 is 0 Å². The van der Waals surface area contributed by atoms with Gasteiger partial charge in [-0.05, 0) is 35.2 Å². The minimum absolute atomic E-state index is 0.0490. The molecule has 0 radical (unpaired) electrons. The van der Waals surface area contributed by atoms with Gasteiger partial charge in [0.05, 0.1) is 12.5 Å². The molecule has 0 aliphatic carbocycles. The van der Waals surface area contributed by atoms with E-state index in [1.54, 1.807) is 18.2 Å². The zero-order valence-electron chi connectivity index (χ0n) is 17.7. The van der Waals surface area contributed by atoms with Gasteiger partial charge in [0.1, 0.15) is 13.2 Å². The first kappa shape index (κ1) is 20.9. The van der Waals surface area contributed by atoms with E-state index in [1.807, 2.05) is 38.1 Å². The number of benzene rings is 2. The van der Waals surface area contributed by atoms with Gasteiger partial charge in [-0.25, -0.2) is 0 Å². The Morgan fingerprint density at radius 3 is 2.58 bits per heavy atom. The highest BCUT2D eigenvalue weighted by atomic mass is 16.6. The van der Waals surface area contributed by atoms with E-state index in [-0.39, 0.29) is 49.1 Å². The summed E-state index contributed by atoms with van der Waals surface area (Å²) in [7, 11) is 0. The fourth-order valence-corrected chi connectivity index (χ4v) is 3.97. The van der Waals surface area contributed by atoms with Crippen LogP contribution in [0.2, 0.25) is 0 Å². The number of amides is 3. The number of nitrogens with one attached hydrogen (secondary N) is 1. The molecule has 7 nitrogen and oxygen atoms in total. The van der Waals surface area contributed by atoms with Crippen LogP contribution in [0, 0.1) is 5.92 Å². The first-order chi connectivity index (χ1) is 14.9. The summed E-state index contributed by atoms with van der Waals surface area (Å²) in [5, 5.41) is 3.04. The van der Waals surface area contributed by atoms with E-state index in [4.69, 9.17) is 9.47 Å². The molecule has 0 fully saturated rings. The molecule has 31 heavy (non-hydrogen) atoms. The van der Waals surface area contributed by atoms with Gasteiger partial charge in [-0.15, -0.1) is 0 Å². The van der Waals surface area contributed by atoms with E-state index < -0.39 is 0 Å². The summed E-state index contributed by atoms with van der Waals surface area (Å²) in [4.78, 5) is 39.0. The van der Waals surface area contributed by atoms with Crippen molar-refractivity contribution in [2.75, 3.05) is 19.8 Å². The molecule has 2 heterocycles. The number of ether oxygens (including phenoxy) is 2. The standard InChI is InChI=1S/C24H26N2O5/c1-15(2)23(17-7-8-19-20(13-17)31-12-11-30-19)25-21(27)9-10-26-22(28)14-16-5-3-4-6-18(16)24(26)29/h3-8,13,15,23H,9-12,14H2,1-2H3,(H,25,27)/t23-/m0/s1. The highest BCUT2D eigenvalue weighted by Gasteiger charge is 2.31. The molecule has 2 aliphatic heterocycles. The van der Waals surface area contributed by atoms with Gasteiger partial charge in [0.2, 0.25) is 11.8 Å². The molecule has 4 rings (SSSR count). The molecule has 7 heteroatoms. The van der Waals surface area contributed by atoms with Gasteiger partial charge < -0.3 is 14.8 Å². The van der Waals surface area contributed by atoms with Gasteiger partial charge >= 0.3 is 0 Å². The maximum absolute atomic E-state index is 12.7. The van der Waals surface area contributed by atoms with Gasteiger partial charge in [0.25, 0.3) is 5.91 Å². The summed E-state index contributed by atoms with van der Waals surface area (Å²) < 4.78 is 11.2. The molecule has 2 aliphatic rings. The number of nitrogens with zero attached hydrogens (tertiary/aromatic N) is 1. The second kappa shape index (κ2) is 8.79. The van der Waals surface area contributed by atoms with Crippen molar-refractivity contribution in [1.82, 2.24) is 10.2 Å². The smallest absolute Gasteiger partial charge is 0.260 e. The maximum atomic E-state index is 12.7. The van der Waals surface area contributed by atoms with Gasteiger partial charge in [0.15, 0.2) is 11.5 Å². The Kier molecular flexibility index (Phi) is 5.93. The third-order valence-electron chi connectivity index (χ3n) is 5.61. The molecule has 3 amide bonds. The molecule has 0 saturated heterocycles. The SMILES string of the molecule is CC(C)[C@H](NC(=O)CCN1C(=O)Cc2ccccc2C1=O)c1ccc2c(c1)OCCO2. The normalized spacial score (nSPS) is 16.2. The quantitative estimate of drug-likeness (QED) is 0.724. The summed E-state index contributed by atoms with van der Waals surface area (Å²) in [5.41, 5.74) is 2.18. The summed E-state index contributed by atoms with van der Waals surface area (Å²) in [6, 6.07) is 12.5. The molecular weight excluding hydrogens is 396 g/mol. The number of rotatable bonds is 6. The number of carbonyl (C=O) groups excluding carboxylic acids is 3. The van der Waals surface area contributed by atoms with Crippen molar-refractivity contribution in [3.63, 3.8) is 0 Å². The molecule has 162 valence electrons.